The summed E-state index contributed by atoms with van der Waals surface area (Å²) >= 11 is 0. The van der Waals surface area contributed by atoms with Crippen molar-refractivity contribution in [2.45, 2.75) is 12.5 Å². The lowest BCUT2D eigenvalue weighted by atomic mass is 10.2. The van der Waals surface area contributed by atoms with E-state index in [0.29, 0.717) is 5.56 Å². The van der Waals surface area contributed by atoms with Gasteiger partial charge in [0.2, 0.25) is 0 Å². The first kappa shape index (κ1) is 17.1. The number of hydrogen-bond donors (Lipinski definition) is 1. The maximum Gasteiger partial charge on any atom is 0.255 e. The number of rotatable bonds is 2. The van der Waals surface area contributed by atoms with E-state index in [-0.39, 0.29) is 36.8 Å². The summed E-state index contributed by atoms with van der Waals surface area (Å²) in [7, 11) is 1.74. The number of halogens is 3. The van der Waals surface area contributed by atoms with E-state index in [1.807, 2.05) is 0 Å². The van der Waals surface area contributed by atoms with Crippen LogP contribution in [0.2, 0.25) is 0 Å². The van der Waals surface area contributed by atoms with Crippen molar-refractivity contribution in [1.82, 2.24) is 15.2 Å². The molecular formula is C11H16Cl2FN3O. The molecule has 7 heteroatoms. The minimum atomic E-state index is -0.483. The minimum Gasteiger partial charge on any atom is -0.337 e. The van der Waals surface area contributed by atoms with Gasteiger partial charge in [-0.1, -0.05) is 0 Å². The molecule has 1 saturated heterocycles. The van der Waals surface area contributed by atoms with Gasteiger partial charge in [0.05, 0.1) is 11.8 Å². The van der Waals surface area contributed by atoms with Gasteiger partial charge < -0.3 is 10.2 Å². The van der Waals surface area contributed by atoms with Gasteiger partial charge in [0, 0.05) is 25.8 Å². The first-order chi connectivity index (χ1) is 7.68. The molecule has 1 amide bonds. The van der Waals surface area contributed by atoms with E-state index >= 15 is 0 Å². The molecule has 1 fully saturated rings. The van der Waals surface area contributed by atoms with Crippen molar-refractivity contribution in [2.75, 3.05) is 20.1 Å². The first-order valence-corrected chi connectivity index (χ1v) is 5.27. The number of nitrogens with zero attached hydrogens (tertiary/aromatic N) is 2. The van der Waals surface area contributed by atoms with Crippen molar-refractivity contribution in [2.24, 2.45) is 0 Å². The Balaban J connectivity index is 0.00000144. The number of nitrogens with one attached hydrogen (secondary N) is 1. The van der Waals surface area contributed by atoms with Crippen LogP contribution in [0.1, 0.15) is 16.8 Å². The summed E-state index contributed by atoms with van der Waals surface area (Å²) < 4.78 is 12.9. The third-order valence-corrected chi connectivity index (χ3v) is 2.85. The van der Waals surface area contributed by atoms with Crippen LogP contribution in [0, 0.1) is 5.82 Å². The quantitative estimate of drug-likeness (QED) is 0.899. The Kier molecular flexibility index (Phi) is 7.13. The highest BCUT2D eigenvalue weighted by atomic mass is 35.5. The lowest BCUT2D eigenvalue weighted by Crippen LogP contribution is -2.38. The SMILES string of the molecule is CN(C(=O)c1cncc(F)c1)C1CCNC1.Cl.Cl. The monoisotopic (exact) mass is 295 g/mol. The number of amides is 1. The molecule has 1 aliphatic rings. The molecule has 4 nitrogen and oxygen atoms in total. The Morgan fingerprint density at radius 3 is 2.78 bits per heavy atom. The number of carbonyl (C=O) groups excluding carboxylic acids is 1. The van der Waals surface area contributed by atoms with Gasteiger partial charge in [-0.2, -0.15) is 0 Å². The molecule has 18 heavy (non-hydrogen) atoms. The zero-order chi connectivity index (χ0) is 11.5. The molecule has 1 N–H and O–H groups in total. The third kappa shape index (κ3) is 3.80. The van der Waals surface area contributed by atoms with Crippen LogP contribution in [0.3, 0.4) is 0 Å². The molecule has 0 bridgehead atoms. The predicted molar refractivity (Wildman–Crippen MR) is 72.1 cm³/mol. The molecule has 0 radical (unpaired) electrons. The van der Waals surface area contributed by atoms with Gasteiger partial charge in [-0.15, -0.1) is 24.8 Å². The highest BCUT2D eigenvalue weighted by Crippen LogP contribution is 2.11. The lowest BCUT2D eigenvalue weighted by Gasteiger charge is -2.23. The molecule has 1 unspecified atom stereocenters. The number of likely N-dealkylation sites (N-methyl/N-ethyl adjacent to an activating group) is 1. The normalized spacial score (nSPS) is 17.6. The topological polar surface area (TPSA) is 45.2 Å². The zero-order valence-corrected chi connectivity index (χ0v) is 11.6. The number of pyridine rings is 1. The van der Waals surface area contributed by atoms with Crippen LogP contribution < -0.4 is 5.32 Å². The second kappa shape index (κ2) is 7.51. The number of hydrogen-bond acceptors (Lipinski definition) is 3. The van der Waals surface area contributed by atoms with Crippen LogP contribution in [0.5, 0.6) is 0 Å². The molecule has 102 valence electrons. The van der Waals surface area contributed by atoms with Crippen molar-refractivity contribution in [3.05, 3.63) is 29.8 Å². The maximum atomic E-state index is 12.9. The molecule has 0 aromatic carbocycles. The largest absolute Gasteiger partial charge is 0.337 e. The molecule has 1 aliphatic heterocycles. The molecule has 2 rings (SSSR count). The van der Waals surface area contributed by atoms with Crippen LogP contribution in [0.15, 0.2) is 18.5 Å². The van der Waals surface area contributed by atoms with Crippen molar-refractivity contribution in [3.63, 3.8) is 0 Å². The van der Waals surface area contributed by atoms with Gasteiger partial charge in [-0.05, 0) is 19.0 Å². The summed E-state index contributed by atoms with van der Waals surface area (Å²) in [5, 5.41) is 3.19. The average molecular weight is 296 g/mol. The third-order valence-electron chi connectivity index (χ3n) is 2.85. The summed E-state index contributed by atoms with van der Waals surface area (Å²) in [6.07, 6.45) is 3.42. The predicted octanol–water partition coefficient (Wildman–Crippen LogP) is 1.50. The van der Waals surface area contributed by atoms with E-state index < -0.39 is 5.82 Å². The van der Waals surface area contributed by atoms with E-state index in [1.54, 1.807) is 11.9 Å². The van der Waals surface area contributed by atoms with E-state index in [1.165, 1.54) is 12.3 Å². The smallest absolute Gasteiger partial charge is 0.255 e. The Morgan fingerprint density at radius 1 is 1.50 bits per heavy atom. The van der Waals surface area contributed by atoms with Gasteiger partial charge >= 0.3 is 0 Å². The number of carbonyl (C=O) groups is 1. The summed E-state index contributed by atoms with van der Waals surface area (Å²) in [4.78, 5) is 17.3. The van der Waals surface area contributed by atoms with Gasteiger partial charge in [0.25, 0.3) is 5.91 Å². The standard InChI is InChI=1S/C11H14FN3O.2ClH/c1-15(10-2-3-13-7-10)11(16)8-4-9(12)6-14-5-8;;/h4-6,10,13H,2-3,7H2,1H3;2*1H. The Hall–Kier alpha value is -0.910. The van der Waals surface area contributed by atoms with E-state index in [2.05, 4.69) is 10.3 Å². The molecule has 1 aromatic heterocycles. The Morgan fingerprint density at radius 2 is 2.22 bits per heavy atom. The number of aromatic nitrogens is 1. The fourth-order valence-corrected chi connectivity index (χ4v) is 1.87. The Labute approximate surface area is 118 Å². The Bertz CT molecular complexity index is 400. The van der Waals surface area contributed by atoms with Crippen LogP contribution in [-0.4, -0.2) is 42.0 Å². The van der Waals surface area contributed by atoms with Crippen molar-refractivity contribution in [3.8, 4) is 0 Å². The fourth-order valence-electron chi connectivity index (χ4n) is 1.87. The lowest BCUT2D eigenvalue weighted by molar-refractivity contribution is 0.0743. The van der Waals surface area contributed by atoms with E-state index in [0.717, 1.165) is 25.7 Å². The van der Waals surface area contributed by atoms with Gasteiger partial charge in [0.1, 0.15) is 5.82 Å². The fraction of sp³-hybridized carbons (Fsp3) is 0.455. The highest BCUT2D eigenvalue weighted by molar-refractivity contribution is 5.94. The molecule has 0 saturated carbocycles. The van der Waals surface area contributed by atoms with Crippen molar-refractivity contribution < 1.29 is 9.18 Å². The highest BCUT2D eigenvalue weighted by Gasteiger charge is 2.24. The first-order valence-electron chi connectivity index (χ1n) is 5.27. The summed E-state index contributed by atoms with van der Waals surface area (Å²) in [5.74, 6) is -0.663. The molecule has 0 spiro atoms. The second-order valence-corrected chi connectivity index (χ2v) is 3.95. The van der Waals surface area contributed by atoms with Crippen LogP contribution in [0.4, 0.5) is 4.39 Å². The zero-order valence-electron chi connectivity index (χ0n) is 9.93. The van der Waals surface area contributed by atoms with Crippen LogP contribution in [-0.2, 0) is 0 Å². The maximum absolute atomic E-state index is 12.9. The van der Waals surface area contributed by atoms with E-state index in [9.17, 15) is 9.18 Å². The van der Waals surface area contributed by atoms with Crippen LogP contribution in [0.25, 0.3) is 0 Å². The molecular weight excluding hydrogens is 280 g/mol. The summed E-state index contributed by atoms with van der Waals surface area (Å²) in [5.41, 5.74) is 0.300. The van der Waals surface area contributed by atoms with Crippen molar-refractivity contribution in [1.29, 1.82) is 0 Å². The summed E-state index contributed by atoms with van der Waals surface area (Å²) in [6, 6.07) is 1.41. The van der Waals surface area contributed by atoms with Crippen LogP contribution >= 0.6 is 24.8 Å². The van der Waals surface area contributed by atoms with Gasteiger partial charge in [0.15, 0.2) is 0 Å². The average Bonchev–Trinajstić information content (AvgIpc) is 2.80. The molecule has 2 heterocycles. The molecule has 0 aliphatic carbocycles. The van der Waals surface area contributed by atoms with Crippen molar-refractivity contribution >= 4 is 30.7 Å². The van der Waals surface area contributed by atoms with E-state index in [4.69, 9.17) is 0 Å². The molecule has 1 atom stereocenters. The van der Waals surface area contributed by atoms with Gasteiger partial charge in [-0.3, -0.25) is 9.78 Å². The molecule has 1 aromatic rings. The minimum absolute atomic E-state index is 0. The second-order valence-electron chi connectivity index (χ2n) is 3.95. The van der Waals surface area contributed by atoms with Gasteiger partial charge in [-0.25, -0.2) is 4.39 Å². The summed E-state index contributed by atoms with van der Waals surface area (Å²) in [6.45, 7) is 1.72.